The molecule has 0 N–H and O–H groups in total. The fraction of sp³-hybridized carbons (Fsp3) is 0.556. The summed E-state index contributed by atoms with van der Waals surface area (Å²) in [6.07, 6.45) is 5.80. The van der Waals surface area contributed by atoms with E-state index < -0.39 is 0 Å². The van der Waals surface area contributed by atoms with Gasteiger partial charge < -0.3 is 9.64 Å². The Morgan fingerprint density at radius 2 is 2.00 bits per heavy atom. The van der Waals surface area contributed by atoms with Crippen LogP contribution in [-0.2, 0) is 4.79 Å². The number of ether oxygens (including phenoxy) is 1. The number of ketones is 1. The van der Waals surface area contributed by atoms with Crippen molar-refractivity contribution in [2.24, 2.45) is 0 Å². The number of hydrogen-bond acceptors (Lipinski definition) is 3. The summed E-state index contributed by atoms with van der Waals surface area (Å²) in [6, 6.07) is 5.41. The molecule has 0 atom stereocenters. The van der Waals surface area contributed by atoms with Crippen LogP contribution in [0.5, 0.6) is 5.75 Å². The van der Waals surface area contributed by atoms with Crippen LogP contribution in [0.2, 0.25) is 0 Å². The number of benzene rings is 1. The van der Waals surface area contributed by atoms with Gasteiger partial charge in [-0.25, -0.2) is 0 Å². The monoisotopic (exact) mass is 303 g/mol. The Bertz CT molecular complexity index is 539. The van der Waals surface area contributed by atoms with Crippen LogP contribution in [0.25, 0.3) is 0 Å². The summed E-state index contributed by atoms with van der Waals surface area (Å²) in [5, 5.41) is 0. The molecule has 0 radical (unpaired) electrons. The molecule has 2 rings (SSSR count). The average Bonchev–Trinajstić information content (AvgIpc) is 2.53. The molecule has 1 amide bonds. The van der Waals surface area contributed by atoms with Crippen molar-refractivity contribution in [2.75, 3.05) is 18.1 Å². The van der Waals surface area contributed by atoms with Gasteiger partial charge in [0.25, 0.3) is 5.91 Å². The smallest absolute Gasteiger partial charge is 0.265 e. The largest absolute Gasteiger partial charge is 0.482 e. The van der Waals surface area contributed by atoms with E-state index >= 15 is 0 Å². The highest BCUT2D eigenvalue weighted by molar-refractivity contribution is 6.01. The molecule has 0 bridgehead atoms. The first-order valence-electron chi connectivity index (χ1n) is 8.27. The zero-order valence-electron chi connectivity index (χ0n) is 13.6. The molecule has 4 heteroatoms. The van der Waals surface area contributed by atoms with Gasteiger partial charge in [-0.15, -0.1) is 0 Å². The molecule has 4 nitrogen and oxygen atoms in total. The van der Waals surface area contributed by atoms with Gasteiger partial charge in [-0.3, -0.25) is 9.59 Å². The summed E-state index contributed by atoms with van der Waals surface area (Å²) in [5.74, 6) is 0.793. The van der Waals surface area contributed by atoms with E-state index in [1.165, 1.54) is 12.8 Å². The maximum Gasteiger partial charge on any atom is 0.265 e. The van der Waals surface area contributed by atoms with Gasteiger partial charge >= 0.3 is 0 Å². The number of rotatable bonds is 8. The Morgan fingerprint density at radius 3 is 2.73 bits per heavy atom. The van der Waals surface area contributed by atoms with Crippen LogP contribution < -0.4 is 9.64 Å². The van der Waals surface area contributed by atoms with Crippen molar-refractivity contribution in [3.05, 3.63) is 23.8 Å². The maximum absolute atomic E-state index is 12.1. The molecule has 0 unspecified atom stereocenters. The molecule has 0 aromatic heterocycles. The lowest BCUT2D eigenvalue weighted by Gasteiger charge is -2.29. The molecule has 1 aliphatic heterocycles. The number of Topliss-reactive ketones (excluding diaryl/α,β-unsaturated/α-hetero) is 1. The number of hydrogen-bond donors (Lipinski definition) is 0. The van der Waals surface area contributed by atoms with Crippen molar-refractivity contribution < 1.29 is 14.3 Å². The summed E-state index contributed by atoms with van der Waals surface area (Å²) < 4.78 is 5.49. The van der Waals surface area contributed by atoms with E-state index in [2.05, 4.69) is 6.92 Å². The predicted octanol–water partition coefficient (Wildman–Crippen LogP) is 3.98. The highest BCUT2D eigenvalue weighted by Gasteiger charge is 2.26. The second-order valence-electron chi connectivity index (χ2n) is 5.75. The molecule has 1 heterocycles. The SMILES string of the molecule is CCCCCCN1C(=O)COc2ccc(C(=O)CCC)cc21. The van der Waals surface area contributed by atoms with E-state index in [1.807, 2.05) is 19.1 Å². The number of unbranched alkanes of at least 4 members (excludes halogenated alkanes) is 3. The van der Waals surface area contributed by atoms with Crippen LogP contribution >= 0.6 is 0 Å². The third-order valence-electron chi connectivity index (χ3n) is 3.94. The number of carbonyl (C=O) groups excluding carboxylic acids is 2. The van der Waals surface area contributed by atoms with Crippen molar-refractivity contribution in [2.45, 2.75) is 52.4 Å². The van der Waals surface area contributed by atoms with Crippen molar-refractivity contribution >= 4 is 17.4 Å². The zero-order chi connectivity index (χ0) is 15.9. The second-order valence-corrected chi connectivity index (χ2v) is 5.75. The van der Waals surface area contributed by atoms with Gasteiger partial charge in [-0.2, -0.15) is 0 Å². The van der Waals surface area contributed by atoms with E-state index in [-0.39, 0.29) is 18.3 Å². The lowest BCUT2D eigenvalue weighted by atomic mass is 10.0. The Kier molecular flexibility index (Phi) is 5.99. The number of nitrogens with zero attached hydrogens (tertiary/aromatic N) is 1. The molecule has 1 aromatic rings. The number of carbonyl (C=O) groups is 2. The Morgan fingerprint density at radius 1 is 1.18 bits per heavy atom. The third-order valence-corrected chi connectivity index (χ3v) is 3.94. The molecular formula is C18H25NO3. The van der Waals surface area contributed by atoms with E-state index in [1.54, 1.807) is 11.0 Å². The molecule has 0 saturated heterocycles. The Balaban J connectivity index is 2.17. The summed E-state index contributed by atoms with van der Waals surface area (Å²) in [6.45, 7) is 4.94. The minimum absolute atomic E-state index is 0.0240. The summed E-state index contributed by atoms with van der Waals surface area (Å²) in [4.78, 5) is 26.0. The van der Waals surface area contributed by atoms with E-state index in [9.17, 15) is 9.59 Å². The van der Waals surface area contributed by atoms with Crippen LogP contribution in [0.4, 0.5) is 5.69 Å². The first-order valence-corrected chi connectivity index (χ1v) is 8.27. The maximum atomic E-state index is 12.1. The fourth-order valence-electron chi connectivity index (χ4n) is 2.69. The summed E-state index contributed by atoms with van der Waals surface area (Å²) >= 11 is 0. The van der Waals surface area contributed by atoms with Crippen molar-refractivity contribution in [1.29, 1.82) is 0 Å². The van der Waals surface area contributed by atoms with Gasteiger partial charge in [0.1, 0.15) is 5.75 Å². The Hall–Kier alpha value is -1.84. The Labute approximate surface area is 132 Å². The van der Waals surface area contributed by atoms with Crippen molar-refractivity contribution in [3.63, 3.8) is 0 Å². The van der Waals surface area contributed by atoms with Crippen LogP contribution in [0.1, 0.15) is 62.7 Å². The summed E-state index contributed by atoms with van der Waals surface area (Å²) in [7, 11) is 0. The molecular weight excluding hydrogens is 278 g/mol. The quantitative estimate of drug-likeness (QED) is 0.539. The lowest BCUT2D eigenvalue weighted by molar-refractivity contribution is -0.121. The number of amides is 1. The normalized spacial score (nSPS) is 13.7. The molecule has 0 fully saturated rings. The van der Waals surface area contributed by atoms with Crippen LogP contribution in [0.15, 0.2) is 18.2 Å². The first-order chi connectivity index (χ1) is 10.7. The van der Waals surface area contributed by atoms with Crippen molar-refractivity contribution in [1.82, 2.24) is 0 Å². The van der Waals surface area contributed by atoms with Gasteiger partial charge in [0, 0.05) is 18.5 Å². The van der Waals surface area contributed by atoms with Crippen molar-refractivity contribution in [3.8, 4) is 5.75 Å². The topological polar surface area (TPSA) is 46.6 Å². The second kappa shape index (κ2) is 7.97. The minimum Gasteiger partial charge on any atom is -0.482 e. The molecule has 1 aliphatic rings. The van der Waals surface area contributed by atoms with Gasteiger partial charge in [-0.05, 0) is 31.0 Å². The minimum atomic E-state index is -0.0240. The first kappa shape index (κ1) is 16.5. The highest BCUT2D eigenvalue weighted by Crippen LogP contribution is 2.33. The molecule has 0 spiro atoms. The van der Waals surface area contributed by atoms with Gasteiger partial charge in [0.15, 0.2) is 12.4 Å². The van der Waals surface area contributed by atoms with E-state index in [4.69, 9.17) is 4.74 Å². The fourth-order valence-corrected chi connectivity index (χ4v) is 2.69. The number of fused-ring (bicyclic) bond motifs is 1. The lowest BCUT2D eigenvalue weighted by Crippen LogP contribution is -2.39. The molecule has 0 aliphatic carbocycles. The van der Waals surface area contributed by atoms with Gasteiger partial charge in [-0.1, -0.05) is 33.1 Å². The third kappa shape index (κ3) is 3.87. The molecule has 0 saturated carbocycles. The van der Waals surface area contributed by atoms with Crippen LogP contribution in [-0.4, -0.2) is 24.8 Å². The van der Waals surface area contributed by atoms with Gasteiger partial charge in [0.2, 0.25) is 0 Å². The van der Waals surface area contributed by atoms with Crippen LogP contribution in [0.3, 0.4) is 0 Å². The molecule has 22 heavy (non-hydrogen) atoms. The molecule has 1 aromatic carbocycles. The molecule has 120 valence electrons. The number of anilines is 1. The average molecular weight is 303 g/mol. The van der Waals surface area contributed by atoms with Crippen LogP contribution in [0, 0.1) is 0 Å². The summed E-state index contributed by atoms with van der Waals surface area (Å²) in [5.41, 5.74) is 1.41. The highest BCUT2D eigenvalue weighted by atomic mass is 16.5. The predicted molar refractivity (Wildman–Crippen MR) is 87.7 cm³/mol. The van der Waals surface area contributed by atoms with E-state index in [0.717, 1.165) is 24.9 Å². The zero-order valence-corrected chi connectivity index (χ0v) is 13.6. The van der Waals surface area contributed by atoms with Gasteiger partial charge in [0.05, 0.1) is 5.69 Å². The van der Waals surface area contributed by atoms with E-state index in [0.29, 0.717) is 24.3 Å². The standard InChI is InChI=1S/C18H25NO3/c1-3-5-6-7-11-19-15-12-14(16(20)8-4-2)9-10-17(15)22-13-18(19)21/h9-10,12H,3-8,11,13H2,1-2H3.